The van der Waals surface area contributed by atoms with Crippen LogP contribution in [-0.4, -0.2) is 0 Å². The molecule has 0 aliphatic rings. The standard InChI is InChI=1S/C11H9ClS/c12-10-5-3-9(4-6-10)8-11-2-1-7-13-11/h1-7H,8H2. The zero-order chi connectivity index (χ0) is 9.10. The average Bonchev–Trinajstić information content (AvgIpc) is 2.62. The van der Waals surface area contributed by atoms with Crippen LogP contribution in [0, 0.1) is 0 Å². The third-order valence-electron chi connectivity index (χ3n) is 1.87. The van der Waals surface area contributed by atoms with Crippen LogP contribution in [0.2, 0.25) is 5.02 Å². The lowest BCUT2D eigenvalue weighted by Gasteiger charge is -1.97. The molecule has 0 unspecified atom stereocenters. The molecule has 0 bridgehead atoms. The minimum Gasteiger partial charge on any atom is -0.149 e. The first-order valence-electron chi connectivity index (χ1n) is 4.11. The predicted molar refractivity (Wildman–Crippen MR) is 58.6 cm³/mol. The molecule has 13 heavy (non-hydrogen) atoms. The zero-order valence-electron chi connectivity index (χ0n) is 7.03. The van der Waals surface area contributed by atoms with Crippen LogP contribution in [0.1, 0.15) is 10.4 Å². The summed E-state index contributed by atoms with van der Waals surface area (Å²) in [6.07, 6.45) is 1.01. The normalized spacial score (nSPS) is 10.2. The molecule has 0 saturated carbocycles. The van der Waals surface area contributed by atoms with Crippen molar-refractivity contribution in [3.63, 3.8) is 0 Å². The van der Waals surface area contributed by atoms with Crippen LogP contribution >= 0.6 is 22.9 Å². The van der Waals surface area contributed by atoms with Gasteiger partial charge >= 0.3 is 0 Å². The van der Waals surface area contributed by atoms with Crippen molar-refractivity contribution in [1.82, 2.24) is 0 Å². The van der Waals surface area contributed by atoms with Crippen LogP contribution < -0.4 is 0 Å². The van der Waals surface area contributed by atoms with Gasteiger partial charge in [0.2, 0.25) is 0 Å². The molecule has 0 N–H and O–H groups in total. The van der Waals surface area contributed by atoms with Crippen LogP contribution in [0.25, 0.3) is 0 Å². The molecule has 0 saturated heterocycles. The molecule has 1 aromatic carbocycles. The number of hydrogen-bond donors (Lipinski definition) is 0. The molecule has 0 atom stereocenters. The van der Waals surface area contributed by atoms with Crippen LogP contribution in [-0.2, 0) is 6.42 Å². The van der Waals surface area contributed by atoms with Gasteiger partial charge in [-0.1, -0.05) is 29.8 Å². The summed E-state index contributed by atoms with van der Waals surface area (Å²) in [5.41, 5.74) is 1.31. The molecule has 66 valence electrons. The summed E-state index contributed by atoms with van der Waals surface area (Å²) in [7, 11) is 0. The third-order valence-corrected chi connectivity index (χ3v) is 3.00. The lowest BCUT2D eigenvalue weighted by molar-refractivity contribution is 1.24. The first-order valence-corrected chi connectivity index (χ1v) is 5.37. The van der Waals surface area contributed by atoms with E-state index in [1.807, 2.05) is 12.1 Å². The van der Waals surface area contributed by atoms with E-state index in [0.29, 0.717) is 0 Å². The van der Waals surface area contributed by atoms with E-state index in [1.54, 1.807) is 11.3 Å². The molecule has 0 aliphatic carbocycles. The quantitative estimate of drug-likeness (QED) is 0.700. The van der Waals surface area contributed by atoms with Gasteiger partial charge in [0.1, 0.15) is 0 Å². The number of benzene rings is 1. The van der Waals surface area contributed by atoms with Gasteiger partial charge in [0.25, 0.3) is 0 Å². The summed E-state index contributed by atoms with van der Waals surface area (Å²) < 4.78 is 0. The Hall–Kier alpha value is -0.790. The summed E-state index contributed by atoms with van der Waals surface area (Å²) >= 11 is 7.59. The number of rotatable bonds is 2. The largest absolute Gasteiger partial charge is 0.149 e. The van der Waals surface area contributed by atoms with E-state index in [-0.39, 0.29) is 0 Å². The molecular formula is C11H9ClS. The van der Waals surface area contributed by atoms with Crippen molar-refractivity contribution in [2.75, 3.05) is 0 Å². The van der Waals surface area contributed by atoms with Gasteiger partial charge in [-0.3, -0.25) is 0 Å². The number of halogens is 1. The highest BCUT2D eigenvalue weighted by molar-refractivity contribution is 7.09. The van der Waals surface area contributed by atoms with Gasteiger partial charge in [0.05, 0.1) is 0 Å². The van der Waals surface area contributed by atoms with E-state index < -0.39 is 0 Å². The minimum atomic E-state index is 0.801. The first-order chi connectivity index (χ1) is 6.34. The summed E-state index contributed by atoms with van der Waals surface area (Å²) in [6, 6.07) is 12.2. The first kappa shape index (κ1) is 8.79. The highest BCUT2D eigenvalue weighted by Crippen LogP contribution is 2.16. The van der Waals surface area contributed by atoms with E-state index in [0.717, 1.165) is 11.4 Å². The molecule has 1 aromatic heterocycles. The Bertz CT molecular complexity index is 361. The average molecular weight is 209 g/mol. The van der Waals surface area contributed by atoms with Gasteiger partial charge in [-0.25, -0.2) is 0 Å². The fraction of sp³-hybridized carbons (Fsp3) is 0.0909. The van der Waals surface area contributed by atoms with Gasteiger partial charge in [-0.05, 0) is 29.1 Å². The topological polar surface area (TPSA) is 0 Å². The van der Waals surface area contributed by atoms with Crippen LogP contribution in [0.4, 0.5) is 0 Å². The molecule has 0 aliphatic heterocycles. The summed E-state index contributed by atoms with van der Waals surface area (Å²) in [4.78, 5) is 1.39. The van der Waals surface area contributed by atoms with Crippen LogP contribution in [0.3, 0.4) is 0 Å². The fourth-order valence-corrected chi connectivity index (χ4v) is 2.08. The molecule has 2 rings (SSSR count). The van der Waals surface area contributed by atoms with Crippen molar-refractivity contribution in [1.29, 1.82) is 0 Å². The maximum absolute atomic E-state index is 5.80. The molecule has 0 fully saturated rings. The van der Waals surface area contributed by atoms with Gasteiger partial charge < -0.3 is 0 Å². The maximum Gasteiger partial charge on any atom is 0.0406 e. The van der Waals surface area contributed by atoms with Crippen molar-refractivity contribution < 1.29 is 0 Å². The van der Waals surface area contributed by atoms with E-state index >= 15 is 0 Å². The second-order valence-corrected chi connectivity index (χ2v) is 4.35. The van der Waals surface area contributed by atoms with Gasteiger partial charge in [0.15, 0.2) is 0 Å². The molecule has 2 aromatic rings. The Morgan fingerprint density at radius 2 is 1.85 bits per heavy atom. The van der Waals surface area contributed by atoms with Gasteiger partial charge in [-0.15, -0.1) is 11.3 Å². The lowest BCUT2D eigenvalue weighted by atomic mass is 10.1. The van der Waals surface area contributed by atoms with Crippen LogP contribution in [0.5, 0.6) is 0 Å². The van der Waals surface area contributed by atoms with Crippen molar-refractivity contribution in [2.24, 2.45) is 0 Å². The molecule has 0 spiro atoms. The minimum absolute atomic E-state index is 0.801. The van der Waals surface area contributed by atoms with Crippen molar-refractivity contribution in [3.8, 4) is 0 Å². The Kier molecular flexibility index (Phi) is 2.67. The second-order valence-electron chi connectivity index (χ2n) is 2.88. The van der Waals surface area contributed by atoms with E-state index in [2.05, 4.69) is 29.6 Å². The fourth-order valence-electron chi connectivity index (χ4n) is 1.22. The number of hydrogen-bond acceptors (Lipinski definition) is 1. The Balaban J connectivity index is 2.15. The van der Waals surface area contributed by atoms with Crippen molar-refractivity contribution >= 4 is 22.9 Å². The molecule has 1 heterocycles. The lowest BCUT2D eigenvalue weighted by Crippen LogP contribution is -1.82. The summed E-state index contributed by atoms with van der Waals surface area (Å²) in [6.45, 7) is 0. The Labute approximate surface area is 86.8 Å². The monoisotopic (exact) mass is 208 g/mol. The number of thiophene rings is 1. The van der Waals surface area contributed by atoms with Gasteiger partial charge in [-0.2, -0.15) is 0 Å². The summed E-state index contributed by atoms with van der Waals surface area (Å²) in [5.74, 6) is 0. The molecule has 0 nitrogen and oxygen atoms in total. The van der Waals surface area contributed by atoms with Crippen molar-refractivity contribution in [3.05, 3.63) is 57.2 Å². The van der Waals surface area contributed by atoms with Crippen LogP contribution in [0.15, 0.2) is 41.8 Å². The zero-order valence-corrected chi connectivity index (χ0v) is 8.61. The van der Waals surface area contributed by atoms with E-state index in [4.69, 9.17) is 11.6 Å². The molecule has 0 amide bonds. The van der Waals surface area contributed by atoms with Gasteiger partial charge in [0, 0.05) is 16.3 Å². The third kappa shape index (κ3) is 2.33. The molecule has 0 radical (unpaired) electrons. The highest BCUT2D eigenvalue weighted by Gasteiger charge is 1.96. The highest BCUT2D eigenvalue weighted by atomic mass is 35.5. The smallest absolute Gasteiger partial charge is 0.0406 e. The van der Waals surface area contributed by atoms with E-state index in [1.165, 1.54) is 10.4 Å². The summed E-state index contributed by atoms with van der Waals surface area (Å²) in [5, 5.41) is 2.90. The molecular weight excluding hydrogens is 200 g/mol. The van der Waals surface area contributed by atoms with Crippen molar-refractivity contribution in [2.45, 2.75) is 6.42 Å². The Morgan fingerprint density at radius 1 is 1.08 bits per heavy atom. The van der Waals surface area contributed by atoms with E-state index in [9.17, 15) is 0 Å². The second kappa shape index (κ2) is 3.95. The predicted octanol–water partition coefficient (Wildman–Crippen LogP) is 3.99. The Morgan fingerprint density at radius 3 is 2.46 bits per heavy atom. The SMILES string of the molecule is Clc1ccc(Cc2cccs2)cc1. The maximum atomic E-state index is 5.80. The molecule has 2 heteroatoms.